The fourth-order valence-corrected chi connectivity index (χ4v) is 3.56. The van der Waals surface area contributed by atoms with Gasteiger partial charge < -0.3 is 10.4 Å². The molecular weight excluding hydrogens is 214 g/mol. The fourth-order valence-electron chi connectivity index (χ4n) is 3.56. The van der Waals surface area contributed by atoms with Crippen LogP contribution in [0.1, 0.15) is 29.9 Å². The van der Waals surface area contributed by atoms with Gasteiger partial charge in [0.15, 0.2) is 0 Å². The van der Waals surface area contributed by atoms with Gasteiger partial charge in [-0.15, -0.1) is 0 Å². The second-order valence-electron chi connectivity index (χ2n) is 5.20. The van der Waals surface area contributed by atoms with E-state index in [9.17, 15) is 9.90 Å². The van der Waals surface area contributed by atoms with Crippen LogP contribution >= 0.6 is 0 Å². The Morgan fingerprint density at radius 3 is 2.71 bits per heavy atom. The van der Waals surface area contributed by atoms with E-state index in [1.807, 2.05) is 12.1 Å². The van der Waals surface area contributed by atoms with Crippen molar-refractivity contribution in [2.45, 2.75) is 37.8 Å². The number of aryl methyl sites for hydroxylation is 1. The highest BCUT2D eigenvalue weighted by Gasteiger charge is 2.51. The van der Waals surface area contributed by atoms with Crippen LogP contribution in [0.5, 0.6) is 0 Å². The minimum absolute atomic E-state index is 0.146. The number of nitrogens with one attached hydrogen (secondary N) is 1. The third-order valence-corrected chi connectivity index (χ3v) is 4.30. The van der Waals surface area contributed by atoms with E-state index in [0.717, 1.165) is 12.8 Å². The molecule has 4 atom stereocenters. The number of carboxylic acids is 1. The summed E-state index contributed by atoms with van der Waals surface area (Å²) in [4.78, 5) is 11.4. The predicted molar refractivity (Wildman–Crippen MR) is 65.0 cm³/mol. The number of carbonyl (C=O) groups is 1. The number of carboxylic acid groups (broad SMARTS) is 1. The average Bonchev–Trinajstić information content (AvgIpc) is 2.89. The Balaban J connectivity index is 2.02. The van der Waals surface area contributed by atoms with Crippen LogP contribution in [0.15, 0.2) is 24.3 Å². The molecule has 2 fully saturated rings. The van der Waals surface area contributed by atoms with E-state index in [1.165, 1.54) is 11.1 Å². The van der Waals surface area contributed by atoms with Crippen molar-refractivity contribution in [3.63, 3.8) is 0 Å². The molecule has 2 aliphatic heterocycles. The number of rotatable bonds is 2. The van der Waals surface area contributed by atoms with Gasteiger partial charge in [0.1, 0.15) is 0 Å². The summed E-state index contributed by atoms with van der Waals surface area (Å²) in [6, 6.07) is 8.69. The van der Waals surface area contributed by atoms with Gasteiger partial charge in [0.25, 0.3) is 0 Å². The molecule has 0 aliphatic carbocycles. The number of fused-ring (bicyclic) bond motifs is 2. The molecule has 2 aliphatic rings. The Labute approximate surface area is 101 Å². The monoisotopic (exact) mass is 231 g/mol. The van der Waals surface area contributed by atoms with Crippen molar-refractivity contribution >= 4 is 5.97 Å². The van der Waals surface area contributed by atoms with Gasteiger partial charge in [0.2, 0.25) is 0 Å². The molecule has 1 aromatic rings. The Morgan fingerprint density at radius 1 is 1.29 bits per heavy atom. The normalized spacial score (nSPS) is 35.1. The molecule has 0 spiro atoms. The van der Waals surface area contributed by atoms with Gasteiger partial charge in [-0.05, 0) is 30.9 Å². The van der Waals surface area contributed by atoms with Gasteiger partial charge in [-0.25, -0.2) is 0 Å². The molecule has 4 unspecified atom stereocenters. The van der Waals surface area contributed by atoms with Gasteiger partial charge in [-0.1, -0.05) is 24.3 Å². The van der Waals surface area contributed by atoms with E-state index >= 15 is 0 Å². The van der Waals surface area contributed by atoms with E-state index in [2.05, 4.69) is 24.4 Å². The third-order valence-electron chi connectivity index (χ3n) is 4.30. The van der Waals surface area contributed by atoms with Crippen LogP contribution in [-0.4, -0.2) is 23.2 Å². The zero-order chi connectivity index (χ0) is 12.0. The minimum atomic E-state index is -0.655. The summed E-state index contributed by atoms with van der Waals surface area (Å²) in [6.45, 7) is 2.07. The first-order valence-corrected chi connectivity index (χ1v) is 6.23. The summed E-state index contributed by atoms with van der Waals surface area (Å²) >= 11 is 0. The highest BCUT2D eigenvalue weighted by atomic mass is 16.4. The van der Waals surface area contributed by atoms with E-state index < -0.39 is 5.97 Å². The van der Waals surface area contributed by atoms with Crippen LogP contribution in [0.3, 0.4) is 0 Å². The summed E-state index contributed by atoms with van der Waals surface area (Å²) in [5.41, 5.74) is 2.41. The maximum Gasteiger partial charge on any atom is 0.308 e. The summed E-state index contributed by atoms with van der Waals surface area (Å²) in [6.07, 6.45) is 2.11. The molecule has 2 bridgehead atoms. The maximum atomic E-state index is 11.4. The zero-order valence-electron chi connectivity index (χ0n) is 9.89. The number of hydrogen-bond acceptors (Lipinski definition) is 2. The van der Waals surface area contributed by atoms with Crippen LogP contribution in [0.25, 0.3) is 0 Å². The SMILES string of the molecule is Cc1ccccc1C1C2CCC(N2)C1C(=O)O. The van der Waals surface area contributed by atoms with Crippen LogP contribution < -0.4 is 5.32 Å². The molecule has 0 amide bonds. The lowest BCUT2D eigenvalue weighted by Gasteiger charge is -2.27. The van der Waals surface area contributed by atoms with Crippen LogP contribution in [0.4, 0.5) is 0 Å². The van der Waals surface area contributed by atoms with Crippen LogP contribution in [-0.2, 0) is 4.79 Å². The van der Waals surface area contributed by atoms with Crippen molar-refractivity contribution in [1.82, 2.24) is 5.32 Å². The average molecular weight is 231 g/mol. The fraction of sp³-hybridized carbons (Fsp3) is 0.500. The molecule has 17 heavy (non-hydrogen) atoms. The topological polar surface area (TPSA) is 49.3 Å². The van der Waals surface area contributed by atoms with E-state index in [1.54, 1.807) is 0 Å². The lowest BCUT2D eigenvalue weighted by Crippen LogP contribution is -2.32. The molecule has 1 aromatic carbocycles. The predicted octanol–water partition coefficient (Wildman–Crippen LogP) is 1.91. The van der Waals surface area contributed by atoms with E-state index in [4.69, 9.17) is 0 Å². The van der Waals surface area contributed by atoms with Gasteiger partial charge >= 0.3 is 5.97 Å². The van der Waals surface area contributed by atoms with E-state index in [0.29, 0.717) is 6.04 Å². The molecule has 0 radical (unpaired) electrons. The first-order chi connectivity index (χ1) is 8.18. The largest absolute Gasteiger partial charge is 0.481 e. The van der Waals surface area contributed by atoms with Crippen molar-refractivity contribution < 1.29 is 9.90 Å². The Morgan fingerprint density at radius 2 is 2.00 bits per heavy atom. The molecule has 90 valence electrons. The van der Waals surface area contributed by atoms with Crippen molar-refractivity contribution in [1.29, 1.82) is 0 Å². The molecule has 3 nitrogen and oxygen atoms in total. The summed E-state index contributed by atoms with van der Waals surface area (Å²) < 4.78 is 0. The second-order valence-corrected chi connectivity index (χ2v) is 5.20. The van der Waals surface area contributed by atoms with Crippen molar-refractivity contribution in [3.05, 3.63) is 35.4 Å². The Kier molecular flexibility index (Phi) is 2.44. The Bertz CT molecular complexity index is 457. The molecule has 3 rings (SSSR count). The molecule has 0 saturated carbocycles. The zero-order valence-corrected chi connectivity index (χ0v) is 9.89. The first-order valence-electron chi connectivity index (χ1n) is 6.23. The smallest absolute Gasteiger partial charge is 0.308 e. The first kappa shape index (κ1) is 10.8. The maximum absolute atomic E-state index is 11.4. The molecule has 2 heterocycles. The molecular formula is C14H17NO2. The van der Waals surface area contributed by atoms with Gasteiger partial charge in [0.05, 0.1) is 5.92 Å². The van der Waals surface area contributed by atoms with E-state index in [-0.39, 0.29) is 17.9 Å². The van der Waals surface area contributed by atoms with Gasteiger partial charge in [-0.3, -0.25) is 4.79 Å². The molecule has 3 heteroatoms. The quantitative estimate of drug-likeness (QED) is 0.817. The van der Waals surface area contributed by atoms with Gasteiger partial charge in [0, 0.05) is 18.0 Å². The molecule has 2 saturated heterocycles. The third kappa shape index (κ3) is 1.57. The van der Waals surface area contributed by atoms with Crippen molar-refractivity contribution in [3.8, 4) is 0 Å². The van der Waals surface area contributed by atoms with Gasteiger partial charge in [-0.2, -0.15) is 0 Å². The van der Waals surface area contributed by atoms with Crippen molar-refractivity contribution in [2.75, 3.05) is 0 Å². The number of benzene rings is 1. The van der Waals surface area contributed by atoms with Crippen LogP contribution in [0, 0.1) is 12.8 Å². The Hall–Kier alpha value is -1.35. The number of aliphatic carboxylic acids is 1. The van der Waals surface area contributed by atoms with Crippen LogP contribution in [0.2, 0.25) is 0 Å². The highest BCUT2D eigenvalue weighted by molar-refractivity contribution is 5.74. The summed E-state index contributed by atoms with van der Waals surface area (Å²) in [5.74, 6) is -0.764. The summed E-state index contributed by atoms with van der Waals surface area (Å²) in [7, 11) is 0. The summed E-state index contributed by atoms with van der Waals surface area (Å²) in [5, 5.41) is 12.9. The standard InChI is InChI=1S/C14H17NO2/c1-8-4-2-3-5-9(8)12-10-6-7-11(15-10)13(12)14(16)17/h2-5,10-13,15H,6-7H2,1H3,(H,16,17). The minimum Gasteiger partial charge on any atom is -0.481 e. The second kappa shape index (κ2) is 3.84. The lowest BCUT2D eigenvalue weighted by atomic mass is 9.74. The number of hydrogen-bond donors (Lipinski definition) is 2. The lowest BCUT2D eigenvalue weighted by molar-refractivity contribution is -0.142. The van der Waals surface area contributed by atoms with Crippen molar-refractivity contribution in [2.24, 2.45) is 5.92 Å². The highest BCUT2D eigenvalue weighted by Crippen LogP contribution is 2.45. The molecule has 2 N–H and O–H groups in total. The molecule has 0 aromatic heterocycles.